The molecule has 0 aliphatic carbocycles. The molecule has 0 aromatic carbocycles. The summed E-state index contributed by atoms with van der Waals surface area (Å²) in [6.07, 6.45) is 9.25. The quantitative estimate of drug-likeness (QED) is 0.279. The molecule has 8 nitrogen and oxygen atoms in total. The molecule has 204 valence electrons. The van der Waals surface area contributed by atoms with Gasteiger partial charge in [0.2, 0.25) is 5.91 Å². The van der Waals surface area contributed by atoms with Crippen molar-refractivity contribution in [3.8, 4) is 0 Å². The molecule has 2 aliphatic rings. The van der Waals surface area contributed by atoms with Gasteiger partial charge < -0.3 is 29.4 Å². The van der Waals surface area contributed by atoms with Gasteiger partial charge in [0.05, 0.1) is 30.0 Å². The summed E-state index contributed by atoms with van der Waals surface area (Å²) in [4.78, 5) is 23.3. The highest BCUT2D eigenvalue weighted by Crippen LogP contribution is 2.31. The maximum absolute atomic E-state index is 12.3. The number of allylic oxidation sites excluding steroid dienone is 2. The number of aliphatic hydroxyl groups is 1. The van der Waals surface area contributed by atoms with Gasteiger partial charge in [0, 0.05) is 26.5 Å². The fourth-order valence-corrected chi connectivity index (χ4v) is 4.76. The minimum Gasteiger partial charge on any atom is -0.459 e. The van der Waals surface area contributed by atoms with Crippen molar-refractivity contribution in [3.05, 3.63) is 36.0 Å². The van der Waals surface area contributed by atoms with E-state index < -0.39 is 18.3 Å². The van der Waals surface area contributed by atoms with Gasteiger partial charge in [-0.2, -0.15) is 0 Å². The number of ether oxygens (including phenoxy) is 4. The molecule has 0 bridgehead atoms. The fourth-order valence-electron chi connectivity index (χ4n) is 4.76. The third-order valence-corrected chi connectivity index (χ3v) is 6.80. The van der Waals surface area contributed by atoms with Crippen LogP contribution in [-0.2, 0) is 28.5 Å². The van der Waals surface area contributed by atoms with Gasteiger partial charge in [-0.25, -0.2) is 0 Å². The molecular weight excluding hydrogens is 462 g/mol. The Morgan fingerprint density at radius 2 is 1.92 bits per heavy atom. The lowest BCUT2D eigenvalue weighted by atomic mass is 9.88. The SMILES string of the molecule is CO[C@H]1CC(C)(C)O[C@H](/C=C/C(C)=C/C[C@@H]2O[C@H](C)[C@H](NC(=O)/C=C\[C@H](C)OC(C)=O)C[C@@H]2C)[C@H]1O. The second kappa shape index (κ2) is 13.5. The lowest BCUT2D eigenvalue weighted by Crippen LogP contribution is -2.52. The fraction of sp³-hybridized carbons (Fsp3) is 0.714. The van der Waals surface area contributed by atoms with Crippen molar-refractivity contribution < 1.29 is 33.6 Å². The first kappa shape index (κ1) is 30.2. The number of esters is 1. The van der Waals surface area contributed by atoms with Gasteiger partial charge in [0.1, 0.15) is 18.3 Å². The molecule has 2 saturated heterocycles. The lowest BCUT2D eigenvalue weighted by molar-refractivity contribution is -0.193. The minimum atomic E-state index is -0.707. The highest BCUT2D eigenvalue weighted by Gasteiger charge is 2.40. The Bertz CT molecular complexity index is 834. The van der Waals surface area contributed by atoms with Crippen LogP contribution in [-0.4, -0.2) is 72.4 Å². The van der Waals surface area contributed by atoms with Gasteiger partial charge in [0.25, 0.3) is 0 Å². The third-order valence-electron chi connectivity index (χ3n) is 6.80. The van der Waals surface area contributed by atoms with Crippen molar-refractivity contribution in [1.29, 1.82) is 0 Å². The van der Waals surface area contributed by atoms with Crippen LogP contribution < -0.4 is 5.32 Å². The maximum atomic E-state index is 12.3. The van der Waals surface area contributed by atoms with Crippen LogP contribution in [0.2, 0.25) is 0 Å². The van der Waals surface area contributed by atoms with E-state index >= 15 is 0 Å². The Balaban J connectivity index is 1.88. The third kappa shape index (κ3) is 9.47. The number of carbonyl (C=O) groups excluding carboxylic acids is 2. The zero-order valence-corrected chi connectivity index (χ0v) is 23.0. The molecule has 8 atom stereocenters. The molecule has 0 saturated carbocycles. The zero-order chi connectivity index (χ0) is 27.0. The number of methoxy groups -OCH3 is 1. The Morgan fingerprint density at radius 1 is 1.22 bits per heavy atom. The molecule has 36 heavy (non-hydrogen) atoms. The number of nitrogens with one attached hydrogen (secondary N) is 1. The molecule has 0 unspecified atom stereocenters. The average Bonchev–Trinajstić information content (AvgIpc) is 2.78. The van der Waals surface area contributed by atoms with E-state index in [1.165, 1.54) is 13.0 Å². The molecular formula is C28H45NO7. The number of aliphatic hydroxyl groups excluding tert-OH is 1. The Labute approximate surface area is 216 Å². The second-order valence-corrected chi connectivity index (χ2v) is 10.7. The molecule has 8 heteroatoms. The molecule has 0 radical (unpaired) electrons. The van der Waals surface area contributed by atoms with Crippen molar-refractivity contribution in [3.63, 3.8) is 0 Å². The van der Waals surface area contributed by atoms with Gasteiger partial charge in [-0.05, 0) is 59.5 Å². The Morgan fingerprint density at radius 3 is 2.56 bits per heavy atom. The van der Waals surface area contributed by atoms with Crippen molar-refractivity contribution in [1.82, 2.24) is 5.32 Å². The molecule has 0 spiro atoms. The predicted molar refractivity (Wildman–Crippen MR) is 138 cm³/mol. The Kier molecular flexibility index (Phi) is 11.3. The van der Waals surface area contributed by atoms with Crippen LogP contribution >= 0.6 is 0 Å². The topological polar surface area (TPSA) is 103 Å². The van der Waals surface area contributed by atoms with Crippen LogP contribution in [0.15, 0.2) is 36.0 Å². The van der Waals surface area contributed by atoms with Crippen molar-refractivity contribution in [2.75, 3.05) is 7.11 Å². The van der Waals surface area contributed by atoms with Crippen LogP contribution in [0.5, 0.6) is 0 Å². The highest BCUT2D eigenvalue weighted by molar-refractivity contribution is 5.87. The summed E-state index contributed by atoms with van der Waals surface area (Å²) >= 11 is 0. The molecule has 0 aromatic rings. The van der Waals surface area contributed by atoms with Gasteiger partial charge in [-0.3, -0.25) is 9.59 Å². The maximum Gasteiger partial charge on any atom is 0.303 e. The van der Waals surface area contributed by atoms with E-state index in [0.29, 0.717) is 6.42 Å². The lowest BCUT2D eigenvalue weighted by Gasteiger charge is -2.42. The summed E-state index contributed by atoms with van der Waals surface area (Å²) < 4.78 is 22.8. The summed E-state index contributed by atoms with van der Waals surface area (Å²) in [5.41, 5.74) is 0.699. The van der Waals surface area contributed by atoms with Crippen molar-refractivity contribution in [2.24, 2.45) is 5.92 Å². The normalized spacial score (nSPS) is 34.0. The number of hydrogen-bond acceptors (Lipinski definition) is 7. The summed E-state index contributed by atoms with van der Waals surface area (Å²) in [5.74, 6) is -0.354. The van der Waals surface area contributed by atoms with E-state index in [-0.39, 0.29) is 47.7 Å². The predicted octanol–water partition coefficient (Wildman–Crippen LogP) is 3.63. The second-order valence-electron chi connectivity index (χ2n) is 10.7. The first-order valence-corrected chi connectivity index (χ1v) is 12.9. The molecule has 2 N–H and O–H groups in total. The average molecular weight is 508 g/mol. The van der Waals surface area contributed by atoms with Crippen molar-refractivity contribution >= 4 is 11.9 Å². The van der Waals surface area contributed by atoms with E-state index in [9.17, 15) is 14.7 Å². The highest BCUT2D eigenvalue weighted by atomic mass is 16.5. The molecule has 2 fully saturated rings. The minimum absolute atomic E-state index is 0.0457. The smallest absolute Gasteiger partial charge is 0.303 e. The number of rotatable bonds is 9. The van der Waals surface area contributed by atoms with Gasteiger partial charge in [0.15, 0.2) is 0 Å². The first-order chi connectivity index (χ1) is 16.8. The van der Waals surface area contributed by atoms with Gasteiger partial charge in [-0.15, -0.1) is 0 Å². The molecule has 0 aromatic heterocycles. The monoisotopic (exact) mass is 507 g/mol. The molecule has 1 amide bonds. The van der Waals surface area contributed by atoms with Gasteiger partial charge >= 0.3 is 5.97 Å². The summed E-state index contributed by atoms with van der Waals surface area (Å²) in [6, 6.07) is -0.0931. The Hall–Kier alpha value is -2.00. The van der Waals surface area contributed by atoms with Gasteiger partial charge in [-0.1, -0.05) is 30.7 Å². The summed E-state index contributed by atoms with van der Waals surface area (Å²) in [5, 5.41) is 13.6. The number of hydrogen-bond donors (Lipinski definition) is 2. The molecule has 2 rings (SSSR count). The van der Waals surface area contributed by atoms with E-state index in [4.69, 9.17) is 18.9 Å². The van der Waals surface area contributed by atoms with Crippen LogP contribution in [0.25, 0.3) is 0 Å². The van der Waals surface area contributed by atoms with Crippen LogP contribution in [0.4, 0.5) is 0 Å². The van der Waals surface area contributed by atoms with E-state index in [1.54, 1.807) is 20.1 Å². The zero-order valence-electron chi connectivity index (χ0n) is 23.0. The number of amides is 1. The van der Waals surface area contributed by atoms with E-state index in [1.807, 2.05) is 39.8 Å². The largest absolute Gasteiger partial charge is 0.459 e. The first-order valence-electron chi connectivity index (χ1n) is 12.9. The van der Waals surface area contributed by atoms with E-state index in [0.717, 1.165) is 18.4 Å². The summed E-state index contributed by atoms with van der Waals surface area (Å²) in [7, 11) is 1.62. The molecule has 2 heterocycles. The molecule has 2 aliphatic heterocycles. The van der Waals surface area contributed by atoms with Crippen LogP contribution in [0.3, 0.4) is 0 Å². The van der Waals surface area contributed by atoms with Crippen LogP contribution in [0, 0.1) is 5.92 Å². The van der Waals surface area contributed by atoms with Crippen molar-refractivity contribution in [2.45, 2.75) is 116 Å². The van der Waals surface area contributed by atoms with E-state index in [2.05, 4.69) is 18.3 Å². The number of carbonyl (C=O) groups is 2. The standard InChI is InChI=1S/C28H45NO7/c1-17(10-13-24-27(32)25(33-8)16-28(6,7)36-24)9-12-23-18(2)15-22(20(4)35-23)29-26(31)14-11-19(3)34-21(5)30/h9-11,13-14,18-20,22-25,27,32H,12,15-16H2,1-8H3,(H,29,31)/b13-10+,14-11-,17-9+/t18-,19-,20+,22+,23-,24+,25-,27+/m0/s1. The van der Waals surface area contributed by atoms with Crippen LogP contribution in [0.1, 0.15) is 67.7 Å². The summed E-state index contributed by atoms with van der Waals surface area (Å²) in [6.45, 7) is 13.2.